The van der Waals surface area contributed by atoms with Gasteiger partial charge in [0, 0.05) is 0 Å². The van der Waals surface area contributed by atoms with Crippen LogP contribution in [0.1, 0.15) is 39.1 Å². The van der Waals surface area contributed by atoms with E-state index in [1.807, 2.05) is 13.2 Å². The van der Waals surface area contributed by atoms with Gasteiger partial charge in [0.25, 0.3) is 11.8 Å². The summed E-state index contributed by atoms with van der Waals surface area (Å²) >= 11 is 2.84. The number of imide groups is 1. The van der Waals surface area contributed by atoms with Crippen LogP contribution >= 0.6 is 23.1 Å². The molecule has 7 nitrogen and oxygen atoms in total. The summed E-state index contributed by atoms with van der Waals surface area (Å²) in [5, 5.41) is 11.8. The van der Waals surface area contributed by atoms with Gasteiger partial charge in [-0.15, -0.1) is 10.2 Å². The molecule has 0 bridgehead atoms. The van der Waals surface area contributed by atoms with Gasteiger partial charge in [-0.3, -0.25) is 24.6 Å². The number of benzene rings is 1. The van der Waals surface area contributed by atoms with E-state index in [1.54, 1.807) is 36.0 Å². The Kier molecular flexibility index (Phi) is 5.67. The molecule has 9 heteroatoms. The lowest BCUT2D eigenvalue weighted by atomic mass is 10.1. The third-order valence-electron chi connectivity index (χ3n) is 4.03. The number of carbonyl (C=O) groups excluding carboxylic acids is 3. The lowest BCUT2D eigenvalue weighted by molar-refractivity contribution is -0.120. The van der Waals surface area contributed by atoms with Crippen LogP contribution in [-0.4, -0.2) is 50.9 Å². The SMILES string of the molecule is CCc1nnc(NC(=O)[C@H](CCSC)N2C(=O)c3ccccc3C2=O)s1. The second-order valence-electron chi connectivity index (χ2n) is 5.67. The minimum Gasteiger partial charge on any atom is -0.299 e. The summed E-state index contributed by atoms with van der Waals surface area (Å²) in [5.74, 6) is -0.647. The van der Waals surface area contributed by atoms with Crippen molar-refractivity contribution in [3.8, 4) is 0 Å². The molecule has 3 rings (SSSR count). The van der Waals surface area contributed by atoms with Crippen LogP contribution in [0.5, 0.6) is 0 Å². The van der Waals surface area contributed by atoms with Gasteiger partial charge in [-0.25, -0.2) is 0 Å². The van der Waals surface area contributed by atoms with Gasteiger partial charge in [0.1, 0.15) is 11.0 Å². The number of hydrogen-bond donors (Lipinski definition) is 1. The number of aryl methyl sites for hydroxylation is 1. The molecule has 3 amide bonds. The van der Waals surface area contributed by atoms with Crippen molar-refractivity contribution in [1.29, 1.82) is 0 Å². The molecule has 136 valence electrons. The third-order valence-corrected chi connectivity index (χ3v) is 5.66. The molecule has 1 aromatic heterocycles. The van der Waals surface area contributed by atoms with Crippen LogP contribution < -0.4 is 5.32 Å². The number of carbonyl (C=O) groups is 3. The Morgan fingerprint density at radius 2 is 1.88 bits per heavy atom. The highest BCUT2D eigenvalue weighted by Gasteiger charge is 2.42. The van der Waals surface area contributed by atoms with Gasteiger partial charge < -0.3 is 0 Å². The van der Waals surface area contributed by atoms with Gasteiger partial charge in [0.15, 0.2) is 0 Å². The number of fused-ring (bicyclic) bond motifs is 1. The number of hydrogen-bond acceptors (Lipinski definition) is 7. The van der Waals surface area contributed by atoms with E-state index in [1.165, 1.54) is 11.3 Å². The molecule has 2 heterocycles. The average molecular weight is 390 g/mol. The normalized spacial score (nSPS) is 14.5. The maximum absolute atomic E-state index is 12.8. The molecule has 0 saturated heterocycles. The number of amides is 3. The van der Waals surface area contributed by atoms with Crippen molar-refractivity contribution in [2.24, 2.45) is 0 Å². The van der Waals surface area contributed by atoms with E-state index in [0.29, 0.717) is 28.4 Å². The molecule has 26 heavy (non-hydrogen) atoms. The number of aromatic nitrogens is 2. The van der Waals surface area contributed by atoms with Crippen LogP contribution in [0.15, 0.2) is 24.3 Å². The Hall–Kier alpha value is -2.26. The fraction of sp³-hybridized carbons (Fsp3) is 0.353. The second kappa shape index (κ2) is 7.96. The molecule has 0 saturated carbocycles. The summed E-state index contributed by atoms with van der Waals surface area (Å²) < 4.78 is 0. The Morgan fingerprint density at radius 3 is 2.42 bits per heavy atom. The number of thioether (sulfide) groups is 1. The zero-order chi connectivity index (χ0) is 18.7. The van der Waals surface area contributed by atoms with Crippen LogP contribution in [0.4, 0.5) is 5.13 Å². The van der Waals surface area contributed by atoms with Gasteiger partial charge in [0.2, 0.25) is 11.0 Å². The molecule has 0 spiro atoms. The number of anilines is 1. The van der Waals surface area contributed by atoms with E-state index < -0.39 is 23.8 Å². The Morgan fingerprint density at radius 1 is 1.23 bits per heavy atom. The summed E-state index contributed by atoms with van der Waals surface area (Å²) in [6.07, 6.45) is 3.01. The van der Waals surface area contributed by atoms with E-state index in [0.717, 1.165) is 16.3 Å². The van der Waals surface area contributed by atoms with Gasteiger partial charge in [-0.1, -0.05) is 30.4 Å². The van der Waals surface area contributed by atoms with Crippen molar-refractivity contribution >= 4 is 46.0 Å². The molecule has 1 atom stereocenters. The lowest BCUT2D eigenvalue weighted by Gasteiger charge is -2.24. The standard InChI is InChI=1S/C17H18N4O3S2/c1-3-13-19-20-17(26-13)18-14(22)12(8-9-25-2)21-15(23)10-6-4-5-7-11(10)16(21)24/h4-7,12H,3,8-9H2,1-2H3,(H,18,20,22)/t12-/m0/s1. The Bertz CT molecular complexity index is 817. The zero-order valence-corrected chi connectivity index (χ0v) is 16.0. The molecule has 1 N–H and O–H groups in total. The summed E-state index contributed by atoms with van der Waals surface area (Å²) in [6, 6.07) is 5.74. The quantitative estimate of drug-likeness (QED) is 0.730. The summed E-state index contributed by atoms with van der Waals surface area (Å²) in [7, 11) is 0. The highest BCUT2D eigenvalue weighted by molar-refractivity contribution is 7.98. The number of nitrogens with zero attached hydrogens (tertiary/aromatic N) is 3. The van der Waals surface area contributed by atoms with Crippen LogP contribution in [0.2, 0.25) is 0 Å². The second-order valence-corrected chi connectivity index (χ2v) is 7.71. The minimum atomic E-state index is -0.885. The fourth-order valence-electron chi connectivity index (χ4n) is 2.73. The van der Waals surface area contributed by atoms with E-state index in [-0.39, 0.29) is 0 Å². The molecule has 0 radical (unpaired) electrons. The lowest BCUT2D eigenvalue weighted by Crippen LogP contribution is -2.47. The molecule has 0 aliphatic carbocycles. The molecule has 1 aliphatic rings. The van der Waals surface area contributed by atoms with Gasteiger partial charge in [-0.05, 0) is 37.0 Å². The largest absolute Gasteiger partial charge is 0.299 e. The first-order valence-electron chi connectivity index (χ1n) is 8.16. The summed E-state index contributed by atoms with van der Waals surface area (Å²) in [6.45, 7) is 1.95. The highest BCUT2D eigenvalue weighted by atomic mass is 32.2. The fourth-order valence-corrected chi connectivity index (χ4v) is 3.87. The first kappa shape index (κ1) is 18.5. The Labute approximate surface area is 159 Å². The smallest absolute Gasteiger partial charge is 0.262 e. The van der Waals surface area contributed by atoms with Crippen molar-refractivity contribution in [2.45, 2.75) is 25.8 Å². The van der Waals surface area contributed by atoms with E-state index in [2.05, 4.69) is 15.5 Å². The third kappa shape index (κ3) is 3.49. The maximum Gasteiger partial charge on any atom is 0.262 e. The van der Waals surface area contributed by atoms with E-state index in [9.17, 15) is 14.4 Å². The van der Waals surface area contributed by atoms with E-state index >= 15 is 0 Å². The molecule has 1 aliphatic heterocycles. The molecular formula is C17H18N4O3S2. The van der Waals surface area contributed by atoms with Crippen LogP contribution in [-0.2, 0) is 11.2 Å². The van der Waals surface area contributed by atoms with Crippen molar-refractivity contribution in [3.63, 3.8) is 0 Å². The van der Waals surface area contributed by atoms with Crippen molar-refractivity contribution in [1.82, 2.24) is 15.1 Å². The number of rotatable bonds is 7. The Balaban J connectivity index is 1.85. The van der Waals surface area contributed by atoms with Crippen molar-refractivity contribution in [3.05, 3.63) is 40.4 Å². The molecule has 1 aromatic carbocycles. The van der Waals surface area contributed by atoms with Crippen molar-refractivity contribution in [2.75, 3.05) is 17.3 Å². The topological polar surface area (TPSA) is 92.3 Å². The van der Waals surface area contributed by atoms with Crippen LogP contribution in [0.3, 0.4) is 0 Å². The molecular weight excluding hydrogens is 372 g/mol. The van der Waals surface area contributed by atoms with Gasteiger partial charge >= 0.3 is 0 Å². The van der Waals surface area contributed by atoms with Gasteiger partial charge in [0.05, 0.1) is 11.1 Å². The predicted molar refractivity (Wildman–Crippen MR) is 102 cm³/mol. The maximum atomic E-state index is 12.8. The minimum absolute atomic E-state index is 0.337. The zero-order valence-electron chi connectivity index (χ0n) is 14.4. The summed E-state index contributed by atoms with van der Waals surface area (Å²) in [5.41, 5.74) is 0.673. The number of nitrogens with one attached hydrogen (secondary N) is 1. The molecule has 0 unspecified atom stereocenters. The predicted octanol–water partition coefficient (Wildman–Crippen LogP) is 2.46. The van der Waals surface area contributed by atoms with Gasteiger partial charge in [-0.2, -0.15) is 11.8 Å². The van der Waals surface area contributed by atoms with Crippen LogP contribution in [0, 0.1) is 0 Å². The molecule has 0 fully saturated rings. The monoisotopic (exact) mass is 390 g/mol. The molecule has 2 aromatic rings. The average Bonchev–Trinajstić information content (AvgIpc) is 3.20. The highest BCUT2D eigenvalue weighted by Crippen LogP contribution is 2.27. The van der Waals surface area contributed by atoms with Crippen LogP contribution in [0.25, 0.3) is 0 Å². The summed E-state index contributed by atoms with van der Waals surface area (Å²) in [4.78, 5) is 39.3. The van der Waals surface area contributed by atoms with Crippen molar-refractivity contribution < 1.29 is 14.4 Å². The van der Waals surface area contributed by atoms with E-state index in [4.69, 9.17) is 0 Å². The first-order chi connectivity index (χ1) is 12.6. The first-order valence-corrected chi connectivity index (χ1v) is 10.4.